The van der Waals surface area contributed by atoms with Crippen LogP contribution in [0.15, 0.2) is 12.1 Å². The van der Waals surface area contributed by atoms with E-state index in [2.05, 4.69) is 0 Å². The average molecular weight is 226 g/mol. The molecule has 0 bridgehead atoms. The van der Waals surface area contributed by atoms with Crippen molar-refractivity contribution in [3.63, 3.8) is 0 Å². The molecule has 0 aliphatic carbocycles. The number of aromatic hydroxyl groups is 2. The quantitative estimate of drug-likeness (QED) is 0.467. The average Bonchev–Trinajstić information content (AvgIpc) is 2.11. The normalized spacial score (nSPS) is 11.4. The molecular formula is C12H22N2O2+2. The number of quaternary nitrogens is 2. The second-order valence-electron chi connectivity index (χ2n) is 4.88. The van der Waals surface area contributed by atoms with Crippen molar-refractivity contribution in [1.82, 2.24) is 0 Å². The van der Waals surface area contributed by atoms with Gasteiger partial charge in [-0.3, -0.25) is 0 Å². The molecule has 0 radical (unpaired) electrons. The van der Waals surface area contributed by atoms with E-state index < -0.39 is 0 Å². The molecule has 0 saturated heterocycles. The Morgan fingerprint density at radius 3 is 1.38 bits per heavy atom. The number of rotatable bonds is 4. The van der Waals surface area contributed by atoms with E-state index in [1.165, 1.54) is 9.80 Å². The first-order valence-corrected chi connectivity index (χ1v) is 5.52. The van der Waals surface area contributed by atoms with Crippen LogP contribution in [-0.2, 0) is 13.1 Å². The molecule has 0 aliphatic rings. The maximum atomic E-state index is 9.84. The Labute approximate surface area is 96.7 Å². The van der Waals surface area contributed by atoms with Crippen LogP contribution >= 0.6 is 0 Å². The lowest BCUT2D eigenvalue weighted by molar-refractivity contribution is -0.873. The highest BCUT2D eigenvalue weighted by molar-refractivity contribution is 5.44. The Balaban J connectivity index is 2.97. The molecule has 4 nitrogen and oxygen atoms in total. The first kappa shape index (κ1) is 12.8. The third-order valence-corrected chi connectivity index (χ3v) is 2.37. The fourth-order valence-electron chi connectivity index (χ4n) is 1.71. The van der Waals surface area contributed by atoms with Gasteiger partial charge >= 0.3 is 0 Å². The Morgan fingerprint density at radius 1 is 0.812 bits per heavy atom. The highest BCUT2D eigenvalue weighted by Crippen LogP contribution is 2.26. The largest absolute Gasteiger partial charge is 0.507 e. The van der Waals surface area contributed by atoms with Gasteiger partial charge in [0.25, 0.3) is 0 Å². The Kier molecular flexibility index (Phi) is 4.15. The molecule has 0 amide bonds. The van der Waals surface area contributed by atoms with Gasteiger partial charge < -0.3 is 20.0 Å². The van der Waals surface area contributed by atoms with Crippen molar-refractivity contribution >= 4 is 0 Å². The molecule has 1 aromatic rings. The Bertz CT molecular complexity index is 327. The predicted molar refractivity (Wildman–Crippen MR) is 62.8 cm³/mol. The molecule has 1 rings (SSSR count). The summed E-state index contributed by atoms with van der Waals surface area (Å²) in [5, 5.41) is 19.7. The fourth-order valence-corrected chi connectivity index (χ4v) is 1.71. The van der Waals surface area contributed by atoms with Crippen LogP contribution in [0.25, 0.3) is 0 Å². The molecule has 4 N–H and O–H groups in total. The zero-order valence-corrected chi connectivity index (χ0v) is 10.5. The third kappa shape index (κ3) is 3.40. The number of hydrogen-bond donors (Lipinski definition) is 4. The van der Waals surface area contributed by atoms with Crippen LogP contribution in [-0.4, -0.2) is 38.4 Å². The van der Waals surface area contributed by atoms with Crippen LogP contribution in [0.3, 0.4) is 0 Å². The molecule has 0 fully saturated rings. The minimum Gasteiger partial charge on any atom is -0.507 e. The van der Waals surface area contributed by atoms with Crippen LogP contribution < -0.4 is 9.80 Å². The van der Waals surface area contributed by atoms with Crippen molar-refractivity contribution < 1.29 is 20.0 Å². The van der Waals surface area contributed by atoms with E-state index in [1.807, 2.05) is 28.2 Å². The van der Waals surface area contributed by atoms with Crippen molar-refractivity contribution in [2.24, 2.45) is 0 Å². The van der Waals surface area contributed by atoms with Gasteiger partial charge in [-0.05, 0) is 12.1 Å². The van der Waals surface area contributed by atoms with Gasteiger partial charge in [0.2, 0.25) is 0 Å². The van der Waals surface area contributed by atoms with E-state index in [1.54, 1.807) is 12.1 Å². The monoisotopic (exact) mass is 226 g/mol. The van der Waals surface area contributed by atoms with Crippen molar-refractivity contribution in [3.8, 4) is 11.5 Å². The molecule has 0 saturated carbocycles. The fraction of sp³-hybridized carbons (Fsp3) is 0.500. The molecule has 0 heterocycles. The molecule has 0 aliphatic heterocycles. The van der Waals surface area contributed by atoms with E-state index in [9.17, 15) is 10.2 Å². The summed E-state index contributed by atoms with van der Waals surface area (Å²) in [5.41, 5.74) is 1.57. The minimum absolute atomic E-state index is 0.273. The van der Waals surface area contributed by atoms with E-state index in [4.69, 9.17) is 0 Å². The second kappa shape index (κ2) is 5.18. The second-order valence-corrected chi connectivity index (χ2v) is 4.88. The van der Waals surface area contributed by atoms with Gasteiger partial charge in [0, 0.05) is 0 Å². The summed E-state index contributed by atoms with van der Waals surface area (Å²) in [7, 11) is 8.03. The summed E-state index contributed by atoms with van der Waals surface area (Å²) < 4.78 is 0. The van der Waals surface area contributed by atoms with Crippen molar-refractivity contribution in [3.05, 3.63) is 23.3 Å². The Hall–Kier alpha value is -1.26. The number of phenols is 2. The minimum atomic E-state index is 0.273. The van der Waals surface area contributed by atoms with Gasteiger partial charge in [0.05, 0.1) is 39.3 Å². The molecule has 0 spiro atoms. The van der Waals surface area contributed by atoms with Crippen LogP contribution in [0.4, 0.5) is 0 Å². The van der Waals surface area contributed by atoms with Crippen molar-refractivity contribution in [2.75, 3.05) is 28.2 Å². The van der Waals surface area contributed by atoms with Gasteiger partial charge in [0.1, 0.15) is 24.6 Å². The van der Waals surface area contributed by atoms with Crippen LogP contribution in [0.1, 0.15) is 11.1 Å². The predicted octanol–water partition coefficient (Wildman–Crippen LogP) is -1.61. The summed E-state index contributed by atoms with van der Waals surface area (Å²) >= 11 is 0. The number of phenolic OH excluding ortho intramolecular Hbond substituents is 2. The van der Waals surface area contributed by atoms with Gasteiger partial charge in [-0.25, -0.2) is 0 Å². The Morgan fingerprint density at radius 2 is 1.12 bits per heavy atom. The van der Waals surface area contributed by atoms with E-state index in [-0.39, 0.29) is 11.5 Å². The summed E-state index contributed by atoms with van der Waals surface area (Å²) in [4.78, 5) is 2.42. The summed E-state index contributed by atoms with van der Waals surface area (Å²) in [6.07, 6.45) is 0. The van der Waals surface area contributed by atoms with Crippen LogP contribution in [0, 0.1) is 0 Å². The molecule has 90 valence electrons. The maximum Gasteiger partial charge on any atom is 0.125 e. The summed E-state index contributed by atoms with van der Waals surface area (Å²) in [6, 6.07) is 3.33. The zero-order valence-electron chi connectivity index (χ0n) is 10.5. The highest BCUT2D eigenvalue weighted by atomic mass is 16.3. The number of benzene rings is 1. The lowest BCUT2D eigenvalue weighted by Crippen LogP contribution is -3.04. The standard InChI is InChI=1S/C12H20N2O2/c1-13(2)7-9-5-12(16)10(6-11(9)15)8-14(3)4/h5-6,15-16H,7-8H2,1-4H3/p+2. The van der Waals surface area contributed by atoms with Crippen LogP contribution in [0.2, 0.25) is 0 Å². The molecule has 0 atom stereocenters. The lowest BCUT2D eigenvalue weighted by Gasteiger charge is -2.13. The first-order chi connectivity index (χ1) is 7.40. The van der Waals surface area contributed by atoms with Crippen molar-refractivity contribution in [1.29, 1.82) is 0 Å². The van der Waals surface area contributed by atoms with Gasteiger partial charge in [-0.15, -0.1) is 0 Å². The maximum absolute atomic E-state index is 9.84. The highest BCUT2D eigenvalue weighted by Gasteiger charge is 2.12. The molecule has 1 aromatic carbocycles. The number of nitrogens with one attached hydrogen (secondary N) is 2. The smallest absolute Gasteiger partial charge is 0.125 e. The lowest BCUT2D eigenvalue weighted by atomic mass is 10.1. The van der Waals surface area contributed by atoms with Gasteiger partial charge in [0.15, 0.2) is 0 Å². The first-order valence-electron chi connectivity index (χ1n) is 5.52. The zero-order chi connectivity index (χ0) is 12.3. The van der Waals surface area contributed by atoms with E-state index >= 15 is 0 Å². The summed E-state index contributed by atoms with van der Waals surface area (Å²) in [5.74, 6) is 0.547. The van der Waals surface area contributed by atoms with E-state index in [0.29, 0.717) is 13.1 Å². The molecule has 0 aromatic heterocycles. The molecular weight excluding hydrogens is 204 g/mol. The summed E-state index contributed by atoms with van der Waals surface area (Å²) in [6.45, 7) is 1.41. The topological polar surface area (TPSA) is 49.3 Å². The van der Waals surface area contributed by atoms with E-state index in [0.717, 1.165) is 11.1 Å². The van der Waals surface area contributed by atoms with Crippen LogP contribution in [0.5, 0.6) is 11.5 Å². The van der Waals surface area contributed by atoms with Gasteiger partial charge in [-0.2, -0.15) is 0 Å². The molecule has 0 unspecified atom stereocenters. The SMILES string of the molecule is C[NH+](C)Cc1cc(O)c(C[NH+](C)C)cc1O. The number of hydrogen-bond acceptors (Lipinski definition) is 2. The van der Waals surface area contributed by atoms with Crippen molar-refractivity contribution in [2.45, 2.75) is 13.1 Å². The van der Waals surface area contributed by atoms with Gasteiger partial charge in [-0.1, -0.05) is 0 Å². The molecule has 4 heteroatoms. The molecule has 16 heavy (non-hydrogen) atoms. The third-order valence-electron chi connectivity index (χ3n) is 2.37.